The van der Waals surface area contributed by atoms with E-state index >= 15 is 0 Å². The summed E-state index contributed by atoms with van der Waals surface area (Å²) in [6.07, 6.45) is 4.42. The number of hydrogen-bond acceptors (Lipinski definition) is 10. The smallest absolute Gasteiger partial charge is 0.289 e. The number of nitrogens with zero attached hydrogens (tertiary/aromatic N) is 2. The minimum absolute atomic E-state index is 0.00650. The number of aryl methyl sites for hydroxylation is 1. The molecule has 4 heterocycles. The van der Waals surface area contributed by atoms with Crippen LogP contribution in [0.5, 0.6) is 0 Å². The molecule has 266 valence electrons. The Morgan fingerprint density at radius 1 is 1.08 bits per heavy atom. The predicted octanol–water partition coefficient (Wildman–Crippen LogP) is 2.58. The van der Waals surface area contributed by atoms with Gasteiger partial charge in [-0.1, -0.05) is 46.2 Å². The normalized spacial score (nSPS) is 25.2. The topological polar surface area (TPSA) is 172 Å². The Kier molecular flexibility index (Phi) is 11.3. The van der Waals surface area contributed by atoms with Crippen LogP contribution in [0.2, 0.25) is 0 Å². The third-order valence-corrected chi connectivity index (χ3v) is 9.92. The summed E-state index contributed by atoms with van der Waals surface area (Å²) in [4.78, 5) is 61.0. The van der Waals surface area contributed by atoms with Crippen molar-refractivity contribution in [1.29, 1.82) is 0 Å². The molecule has 0 aromatic carbocycles. The van der Waals surface area contributed by atoms with Gasteiger partial charge in [-0.15, -0.1) is 0 Å². The van der Waals surface area contributed by atoms with Gasteiger partial charge < -0.3 is 35.0 Å². The van der Waals surface area contributed by atoms with E-state index in [0.717, 1.165) is 37.9 Å². The van der Waals surface area contributed by atoms with Gasteiger partial charge in [-0.3, -0.25) is 24.1 Å². The number of amides is 3. The van der Waals surface area contributed by atoms with Gasteiger partial charge in [0.25, 0.3) is 5.91 Å². The van der Waals surface area contributed by atoms with E-state index in [1.807, 2.05) is 46.8 Å². The highest BCUT2D eigenvalue weighted by Gasteiger charge is 2.56. The monoisotopic (exact) mass is 671 g/mol. The van der Waals surface area contributed by atoms with Crippen LogP contribution in [-0.4, -0.2) is 95.0 Å². The summed E-state index contributed by atoms with van der Waals surface area (Å²) in [7, 11) is 0. The molecule has 0 radical (unpaired) electrons. The number of likely N-dealkylation sites (tertiary alicyclic amines) is 1. The molecule has 1 unspecified atom stereocenters. The molecule has 1 aliphatic carbocycles. The van der Waals surface area contributed by atoms with Crippen LogP contribution >= 0.6 is 0 Å². The number of Topliss-reactive ketones (excluding diaryl/α,β-unsaturated/α-hetero) is 1. The van der Waals surface area contributed by atoms with Crippen molar-refractivity contribution in [3.8, 4) is 0 Å². The quantitative estimate of drug-likeness (QED) is 0.217. The summed E-state index contributed by atoms with van der Waals surface area (Å²) < 4.78 is 11.4. The van der Waals surface area contributed by atoms with E-state index in [4.69, 9.17) is 14.0 Å². The molecule has 3 aliphatic heterocycles. The maximum absolute atomic E-state index is 14.1. The summed E-state index contributed by atoms with van der Waals surface area (Å²) in [5.74, 6) is -0.439. The predicted molar refractivity (Wildman–Crippen MR) is 177 cm³/mol. The molecule has 3 amide bonds. The van der Waals surface area contributed by atoms with Gasteiger partial charge in [0.1, 0.15) is 17.7 Å². The Morgan fingerprint density at radius 3 is 2.44 bits per heavy atom. The molecule has 13 nitrogen and oxygen atoms in total. The van der Waals surface area contributed by atoms with Gasteiger partial charge in [0.2, 0.25) is 17.6 Å². The minimum Gasteiger partial charge on any atom is -0.460 e. The molecule has 4 aliphatic rings. The number of furan rings is 1. The average Bonchev–Trinajstić information content (AvgIpc) is 3.42. The lowest BCUT2D eigenvalue weighted by molar-refractivity contribution is -0.142. The molecule has 0 bridgehead atoms. The fraction of sp³-hybridized carbons (Fsp3) is 0.743. The Balaban J connectivity index is 1.37. The largest absolute Gasteiger partial charge is 0.460 e. The highest BCUT2D eigenvalue weighted by atomic mass is 16.7. The van der Waals surface area contributed by atoms with Crippen molar-refractivity contribution in [3.05, 3.63) is 23.7 Å². The Hall–Kier alpha value is -3.29. The molecule has 5 atom stereocenters. The fourth-order valence-corrected chi connectivity index (χ4v) is 6.91. The van der Waals surface area contributed by atoms with Crippen LogP contribution in [0, 0.1) is 11.3 Å². The first-order chi connectivity index (χ1) is 22.8. The zero-order valence-electron chi connectivity index (χ0n) is 29.0. The molecule has 3 fully saturated rings. The SMILES string of the molecule is CCC[C@H](NC(=O)[C@@H]1C[C@]2(CC(c3ccc(CC)o3)=NO2)CN1C(O)[C@@H](NC(=O)CC1CCOCC1)C(C)(C)C)C(=O)C(=O)NC1CC1. The highest BCUT2D eigenvalue weighted by molar-refractivity contribution is 6.38. The number of ether oxygens (including phenoxy) is 1. The van der Waals surface area contributed by atoms with Crippen molar-refractivity contribution >= 4 is 29.2 Å². The van der Waals surface area contributed by atoms with E-state index in [0.29, 0.717) is 43.9 Å². The van der Waals surface area contributed by atoms with Crippen molar-refractivity contribution in [2.24, 2.45) is 16.5 Å². The second kappa shape index (κ2) is 15.1. The second-order valence-electron chi connectivity index (χ2n) is 15.0. The van der Waals surface area contributed by atoms with E-state index in [9.17, 15) is 24.3 Å². The van der Waals surface area contributed by atoms with Crippen molar-refractivity contribution in [3.63, 3.8) is 0 Å². The number of rotatable bonds is 14. The molecule has 1 saturated carbocycles. The van der Waals surface area contributed by atoms with Crippen LogP contribution in [0.1, 0.15) is 104 Å². The lowest BCUT2D eigenvalue weighted by Crippen LogP contribution is -2.61. The zero-order valence-corrected chi connectivity index (χ0v) is 29.0. The van der Waals surface area contributed by atoms with Gasteiger partial charge in [0, 0.05) is 51.5 Å². The standard InChI is InChI=1S/C35H53N5O8/c1-6-8-24(29(42)32(44)36-22-9-10-22)37-31(43)26-19-35(18-25(39-48-35)27-12-11-23(7-2)47-27)20-40(26)33(45)30(34(3,4)5)38-28(41)17-21-13-15-46-16-14-21/h11-12,21-22,24,26,30,33,45H,6-10,13-20H2,1-5H3,(H,36,44)(H,37,43)(H,38,41)/t24-,26-,30+,33?,35+/m0/s1. The van der Waals surface area contributed by atoms with Crippen LogP contribution in [0.3, 0.4) is 0 Å². The Bertz CT molecular complexity index is 1360. The summed E-state index contributed by atoms with van der Waals surface area (Å²) in [5, 5.41) is 25.1. The van der Waals surface area contributed by atoms with Crippen LogP contribution in [-0.2, 0) is 35.2 Å². The first-order valence-electron chi connectivity index (χ1n) is 17.6. The maximum atomic E-state index is 14.1. The molecule has 1 aromatic heterocycles. The third-order valence-electron chi connectivity index (χ3n) is 9.92. The Labute approximate surface area is 282 Å². The lowest BCUT2D eigenvalue weighted by atomic mass is 9.84. The summed E-state index contributed by atoms with van der Waals surface area (Å²) in [6.45, 7) is 11.1. The van der Waals surface area contributed by atoms with Gasteiger partial charge in [-0.25, -0.2) is 0 Å². The summed E-state index contributed by atoms with van der Waals surface area (Å²) in [6, 6.07) is 1.06. The number of nitrogens with one attached hydrogen (secondary N) is 3. The van der Waals surface area contributed by atoms with Crippen molar-refractivity contribution in [2.75, 3.05) is 19.8 Å². The van der Waals surface area contributed by atoms with E-state index in [1.54, 1.807) is 4.90 Å². The Morgan fingerprint density at radius 2 is 1.81 bits per heavy atom. The van der Waals surface area contributed by atoms with Crippen molar-refractivity contribution < 1.29 is 38.3 Å². The zero-order chi connectivity index (χ0) is 34.6. The van der Waals surface area contributed by atoms with Crippen molar-refractivity contribution in [2.45, 2.75) is 135 Å². The van der Waals surface area contributed by atoms with E-state index in [-0.39, 0.29) is 37.3 Å². The van der Waals surface area contributed by atoms with Crippen LogP contribution < -0.4 is 16.0 Å². The first kappa shape index (κ1) is 36.0. The molecule has 1 spiro atoms. The van der Waals surface area contributed by atoms with E-state index in [1.165, 1.54) is 0 Å². The van der Waals surface area contributed by atoms with Crippen molar-refractivity contribution in [1.82, 2.24) is 20.9 Å². The number of aliphatic hydroxyl groups is 1. The lowest BCUT2D eigenvalue weighted by Gasteiger charge is -2.41. The van der Waals surface area contributed by atoms with Crippen LogP contribution in [0.25, 0.3) is 0 Å². The molecule has 48 heavy (non-hydrogen) atoms. The maximum Gasteiger partial charge on any atom is 0.289 e. The number of ketones is 1. The fourth-order valence-electron chi connectivity index (χ4n) is 6.91. The van der Waals surface area contributed by atoms with Crippen LogP contribution in [0.4, 0.5) is 0 Å². The van der Waals surface area contributed by atoms with Gasteiger partial charge in [-0.05, 0) is 55.6 Å². The highest BCUT2D eigenvalue weighted by Crippen LogP contribution is 2.41. The van der Waals surface area contributed by atoms with E-state index < -0.39 is 53.0 Å². The molecule has 5 rings (SSSR count). The van der Waals surface area contributed by atoms with Gasteiger partial charge in [0.15, 0.2) is 11.4 Å². The number of hydrogen-bond donors (Lipinski definition) is 4. The summed E-state index contributed by atoms with van der Waals surface area (Å²) >= 11 is 0. The molecular weight excluding hydrogens is 618 g/mol. The molecule has 1 aromatic rings. The molecular formula is C35H53N5O8. The summed E-state index contributed by atoms with van der Waals surface area (Å²) in [5.41, 5.74) is -0.941. The van der Waals surface area contributed by atoms with Crippen LogP contribution in [0.15, 0.2) is 21.7 Å². The number of carbonyl (C=O) groups excluding carboxylic acids is 4. The van der Waals surface area contributed by atoms with Gasteiger partial charge in [-0.2, -0.15) is 0 Å². The number of oxime groups is 1. The molecule has 2 saturated heterocycles. The number of carbonyl (C=O) groups is 4. The minimum atomic E-state index is -1.28. The molecule has 13 heteroatoms. The van der Waals surface area contributed by atoms with Gasteiger partial charge >= 0.3 is 0 Å². The van der Waals surface area contributed by atoms with Gasteiger partial charge in [0.05, 0.1) is 18.1 Å². The number of aliphatic hydroxyl groups excluding tert-OH is 1. The first-order valence-corrected chi connectivity index (χ1v) is 17.6. The average molecular weight is 672 g/mol. The third kappa shape index (κ3) is 8.64. The molecule has 4 N–H and O–H groups in total. The van der Waals surface area contributed by atoms with E-state index in [2.05, 4.69) is 21.1 Å². The second-order valence-corrected chi connectivity index (χ2v) is 15.0.